The third kappa shape index (κ3) is 4.86. The molecule has 1 aromatic heterocycles. The van der Waals surface area contributed by atoms with Gasteiger partial charge in [0.1, 0.15) is 5.82 Å². The Hall–Kier alpha value is -2.31. The van der Waals surface area contributed by atoms with Crippen molar-refractivity contribution in [3.63, 3.8) is 0 Å². The number of rotatable bonds is 9. The minimum absolute atomic E-state index is 0.0870. The molecular formula is C20H19N3OS2. The van der Waals surface area contributed by atoms with Crippen LogP contribution in [0, 0.1) is 0 Å². The van der Waals surface area contributed by atoms with Crippen molar-refractivity contribution in [1.29, 1.82) is 0 Å². The maximum Gasteiger partial charge on any atom is 0.191 e. The van der Waals surface area contributed by atoms with E-state index in [0.29, 0.717) is 12.3 Å². The molecule has 3 aromatic rings. The normalized spacial score (nSPS) is 10.6. The summed E-state index contributed by atoms with van der Waals surface area (Å²) >= 11 is 3.13. The summed E-state index contributed by atoms with van der Waals surface area (Å²) in [6.45, 7) is 4.44. The standard InChI is InChI=1S/C20H19N3OS2/c1-2-13-23-19(15-25-17-11-7-4-8-12-17)21-22-20(23)26-14-18(24)16-9-5-3-6-10-16/h2-12H,1,13-15H2. The molecule has 2 aromatic carbocycles. The Balaban J connectivity index is 1.66. The molecule has 0 fully saturated rings. The van der Waals surface area contributed by atoms with Gasteiger partial charge in [0.05, 0.1) is 11.5 Å². The highest BCUT2D eigenvalue weighted by Crippen LogP contribution is 2.25. The zero-order valence-electron chi connectivity index (χ0n) is 14.2. The Morgan fingerprint density at radius 1 is 1.00 bits per heavy atom. The summed E-state index contributed by atoms with van der Waals surface area (Å²) in [7, 11) is 0. The first-order valence-electron chi connectivity index (χ1n) is 8.20. The van der Waals surface area contributed by atoms with Crippen LogP contribution in [0.4, 0.5) is 0 Å². The quantitative estimate of drug-likeness (QED) is 0.305. The summed E-state index contributed by atoms with van der Waals surface area (Å²) in [5.41, 5.74) is 0.717. The third-order valence-corrected chi connectivity index (χ3v) is 5.62. The molecule has 26 heavy (non-hydrogen) atoms. The summed E-state index contributed by atoms with van der Waals surface area (Å²) in [6.07, 6.45) is 1.82. The maximum atomic E-state index is 12.3. The molecule has 0 aliphatic heterocycles. The van der Waals surface area contributed by atoms with Gasteiger partial charge in [0.2, 0.25) is 0 Å². The molecule has 1 heterocycles. The van der Waals surface area contributed by atoms with Gasteiger partial charge in [0.15, 0.2) is 10.9 Å². The van der Waals surface area contributed by atoms with Crippen LogP contribution in [0.1, 0.15) is 16.2 Å². The van der Waals surface area contributed by atoms with Crippen LogP contribution in [0.15, 0.2) is 83.4 Å². The van der Waals surface area contributed by atoms with E-state index in [0.717, 1.165) is 22.3 Å². The van der Waals surface area contributed by atoms with Gasteiger partial charge in [-0.15, -0.1) is 28.5 Å². The summed E-state index contributed by atoms with van der Waals surface area (Å²) in [6, 6.07) is 19.5. The van der Waals surface area contributed by atoms with Gasteiger partial charge < -0.3 is 4.57 Å². The molecule has 6 heteroatoms. The van der Waals surface area contributed by atoms with Crippen LogP contribution in [0.3, 0.4) is 0 Å². The second-order valence-corrected chi connectivity index (χ2v) is 7.47. The molecule has 0 spiro atoms. The van der Waals surface area contributed by atoms with Crippen molar-refractivity contribution >= 4 is 29.3 Å². The molecule has 0 bridgehead atoms. The van der Waals surface area contributed by atoms with Gasteiger partial charge in [-0.3, -0.25) is 4.79 Å². The van der Waals surface area contributed by atoms with Gasteiger partial charge in [0, 0.05) is 17.0 Å². The first-order chi connectivity index (χ1) is 12.8. The highest BCUT2D eigenvalue weighted by atomic mass is 32.2. The monoisotopic (exact) mass is 381 g/mol. The Morgan fingerprint density at radius 3 is 2.38 bits per heavy atom. The average molecular weight is 382 g/mol. The molecule has 0 saturated heterocycles. The fourth-order valence-corrected chi connectivity index (χ4v) is 4.07. The second-order valence-electron chi connectivity index (χ2n) is 5.48. The molecule has 0 radical (unpaired) electrons. The largest absolute Gasteiger partial charge is 0.301 e. The van der Waals surface area contributed by atoms with Crippen molar-refractivity contribution in [2.75, 3.05) is 5.75 Å². The summed E-state index contributed by atoms with van der Waals surface area (Å²) in [5.74, 6) is 2.03. The smallest absolute Gasteiger partial charge is 0.191 e. The number of allylic oxidation sites excluding steroid dienone is 1. The lowest BCUT2D eigenvalue weighted by atomic mass is 10.2. The van der Waals surface area contributed by atoms with E-state index in [9.17, 15) is 4.79 Å². The van der Waals surface area contributed by atoms with Crippen LogP contribution in [0.25, 0.3) is 0 Å². The van der Waals surface area contributed by atoms with E-state index in [2.05, 4.69) is 28.9 Å². The fourth-order valence-electron chi connectivity index (χ4n) is 2.35. The number of carbonyl (C=O) groups is 1. The summed E-state index contributed by atoms with van der Waals surface area (Å²) in [4.78, 5) is 13.5. The third-order valence-electron chi connectivity index (χ3n) is 3.64. The Morgan fingerprint density at radius 2 is 1.69 bits per heavy atom. The van der Waals surface area contributed by atoms with Crippen molar-refractivity contribution in [3.8, 4) is 0 Å². The SMILES string of the molecule is C=CCn1c(CSc2ccccc2)nnc1SCC(=O)c1ccccc1. The van der Waals surface area contributed by atoms with Crippen LogP contribution in [0.2, 0.25) is 0 Å². The van der Waals surface area contributed by atoms with E-state index >= 15 is 0 Å². The summed E-state index contributed by atoms with van der Waals surface area (Å²) < 4.78 is 2.02. The van der Waals surface area contributed by atoms with E-state index in [1.165, 1.54) is 16.7 Å². The summed E-state index contributed by atoms with van der Waals surface area (Å²) in [5, 5.41) is 9.34. The van der Waals surface area contributed by atoms with E-state index in [-0.39, 0.29) is 5.78 Å². The molecule has 3 rings (SSSR count). The van der Waals surface area contributed by atoms with Gasteiger partial charge >= 0.3 is 0 Å². The zero-order chi connectivity index (χ0) is 18.2. The van der Waals surface area contributed by atoms with E-state index in [1.54, 1.807) is 11.8 Å². The zero-order valence-corrected chi connectivity index (χ0v) is 15.9. The van der Waals surface area contributed by atoms with Crippen LogP contribution in [-0.4, -0.2) is 26.3 Å². The van der Waals surface area contributed by atoms with Crippen LogP contribution in [0.5, 0.6) is 0 Å². The second kappa shape index (κ2) is 9.40. The van der Waals surface area contributed by atoms with Gasteiger partial charge in [-0.1, -0.05) is 66.4 Å². The first kappa shape index (κ1) is 18.5. The minimum atomic E-state index is 0.0870. The highest BCUT2D eigenvalue weighted by Gasteiger charge is 2.14. The number of thioether (sulfide) groups is 2. The Kier molecular flexibility index (Phi) is 6.68. The van der Waals surface area contributed by atoms with Crippen LogP contribution in [-0.2, 0) is 12.3 Å². The Labute approximate surface area is 161 Å². The molecular weight excluding hydrogens is 362 g/mol. The number of aromatic nitrogens is 3. The van der Waals surface area contributed by atoms with Crippen LogP contribution < -0.4 is 0 Å². The fraction of sp³-hybridized carbons (Fsp3) is 0.150. The molecule has 0 N–H and O–H groups in total. The highest BCUT2D eigenvalue weighted by molar-refractivity contribution is 7.99. The topological polar surface area (TPSA) is 47.8 Å². The van der Waals surface area contributed by atoms with Crippen molar-refractivity contribution in [2.45, 2.75) is 22.3 Å². The maximum absolute atomic E-state index is 12.3. The first-order valence-corrected chi connectivity index (χ1v) is 10.2. The predicted molar refractivity (Wildman–Crippen MR) is 108 cm³/mol. The van der Waals surface area contributed by atoms with Crippen molar-refractivity contribution in [1.82, 2.24) is 14.8 Å². The number of nitrogens with zero attached hydrogens (tertiary/aromatic N) is 3. The Bertz CT molecular complexity index is 863. The minimum Gasteiger partial charge on any atom is -0.301 e. The van der Waals surface area contributed by atoms with Gasteiger partial charge in [-0.05, 0) is 12.1 Å². The van der Waals surface area contributed by atoms with Gasteiger partial charge in [-0.2, -0.15) is 0 Å². The van der Waals surface area contributed by atoms with Gasteiger partial charge in [0.25, 0.3) is 0 Å². The number of benzene rings is 2. The van der Waals surface area contributed by atoms with Crippen molar-refractivity contribution in [3.05, 3.63) is 84.7 Å². The number of hydrogen-bond acceptors (Lipinski definition) is 5. The molecule has 0 saturated carbocycles. The van der Waals surface area contributed by atoms with Gasteiger partial charge in [-0.25, -0.2) is 0 Å². The molecule has 0 aliphatic rings. The van der Waals surface area contributed by atoms with Crippen molar-refractivity contribution in [2.24, 2.45) is 0 Å². The van der Waals surface area contributed by atoms with E-state index < -0.39 is 0 Å². The molecule has 0 aliphatic carbocycles. The number of Topliss-reactive ketones (excluding diaryl/α,β-unsaturated/α-hetero) is 1. The van der Waals surface area contributed by atoms with Crippen LogP contribution >= 0.6 is 23.5 Å². The average Bonchev–Trinajstić information content (AvgIpc) is 3.08. The van der Waals surface area contributed by atoms with E-state index in [1.807, 2.05) is 59.2 Å². The molecule has 0 atom stereocenters. The lowest BCUT2D eigenvalue weighted by Gasteiger charge is -2.07. The molecule has 0 amide bonds. The molecule has 132 valence electrons. The molecule has 4 nitrogen and oxygen atoms in total. The lowest BCUT2D eigenvalue weighted by Crippen LogP contribution is -2.06. The van der Waals surface area contributed by atoms with Crippen molar-refractivity contribution < 1.29 is 4.79 Å². The number of carbonyl (C=O) groups excluding carboxylic acids is 1. The van der Waals surface area contributed by atoms with E-state index in [4.69, 9.17) is 0 Å². The lowest BCUT2D eigenvalue weighted by molar-refractivity contribution is 0.102. The number of ketones is 1. The number of hydrogen-bond donors (Lipinski definition) is 0. The predicted octanol–water partition coefficient (Wildman–Crippen LogP) is 4.73. The molecule has 0 unspecified atom stereocenters.